The Kier molecular flexibility index (Phi) is 4.87. The lowest BCUT2D eigenvalue weighted by Crippen LogP contribution is -1.98. The quantitative estimate of drug-likeness (QED) is 0.589. The monoisotopic (exact) mass is 406 g/mol. The van der Waals surface area contributed by atoms with Gasteiger partial charge in [0.25, 0.3) is 0 Å². The molecule has 0 aliphatic heterocycles. The van der Waals surface area contributed by atoms with Crippen molar-refractivity contribution in [1.82, 2.24) is 0 Å². The molecule has 0 saturated heterocycles. The number of alkyl halides is 1. The summed E-state index contributed by atoms with van der Waals surface area (Å²) in [6.45, 7) is 0. The number of halogens is 4. The Morgan fingerprint density at radius 3 is 2.58 bits per heavy atom. The van der Waals surface area contributed by atoms with E-state index in [1.54, 1.807) is 13.2 Å². The molecule has 0 amide bonds. The van der Waals surface area contributed by atoms with Gasteiger partial charge in [0.2, 0.25) is 0 Å². The van der Waals surface area contributed by atoms with Crippen LogP contribution in [0.3, 0.4) is 0 Å². The average Bonchev–Trinajstić information content (AvgIpc) is 2.41. The van der Waals surface area contributed by atoms with Gasteiger partial charge in [0.1, 0.15) is 11.6 Å². The Morgan fingerprint density at radius 2 is 1.95 bits per heavy atom. The molecular weight excluding hydrogens is 398 g/mol. The van der Waals surface area contributed by atoms with Crippen molar-refractivity contribution in [3.8, 4) is 5.75 Å². The second-order valence-corrected chi connectivity index (χ2v) is 6.10. The molecule has 2 aromatic carbocycles. The molecule has 0 aliphatic carbocycles. The first-order chi connectivity index (χ1) is 9.02. The van der Waals surface area contributed by atoms with Crippen molar-refractivity contribution in [2.45, 2.75) is 4.83 Å². The van der Waals surface area contributed by atoms with Gasteiger partial charge in [0.05, 0.1) is 17.0 Å². The Morgan fingerprint density at radius 1 is 1.21 bits per heavy atom. The molecule has 0 aromatic heterocycles. The molecule has 0 spiro atoms. The number of methoxy groups -OCH3 is 1. The summed E-state index contributed by atoms with van der Waals surface area (Å²) < 4.78 is 19.5. The third-order valence-electron chi connectivity index (χ3n) is 2.70. The predicted molar refractivity (Wildman–Crippen MR) is 82.9 cm³/mol. The second-order valence-electron chi connectivity index (χ2n) is 3.92. The molecule has 1 nitrogen and oxygen atoms in total. The van der Waals surface area contributed by atoms with Gasteiger partial charge in [-0.25, -0.2) is 4.39 Å². The Bertz CT molecular complexity index is 604. The summed E-state index contributed by atoms with van der Waals surface area (Å²) in [7, 11) is 1.56. The van der Waals surface area contributed by atoms with Gasteiger partial charge in [0, 0.05) is 10.0 Å². The number of hydrogen-bond donors (Lipinski definition) is 0. The standard InChI is InChI=1S/C14H10Br2ClFO/c1-19-13-5-3-9(18)7-10(13)14(16)8-2-4-11(15)12(17)6-8/h2-7,14H,1H3. The topological polar surface area (TPSA) is 9.23 Å². The molecule has 0 saturated carbocycles. The molecule has 5 heteroatoms. The third kappa shape index (κ3) is 3.30. The summed E-state index contributed by atoms with van der Waals surface area (Å²) in [4.78, 5) is -0.191. The van der Waals surface area contributed by atoms with E-state index in [-0.39, 0.29) is 10.6 Å². The third-order valence-corrected chi connectivity index (χ3v) is 4.96. The van der Waals surface area contributed by atoms with E-state index >= 15 is 0 Å². The lowest BCUT2D eigenvalue weighted by Gasteiger charge is -2.15. The molecule has 2 aromatic rings. The van der Waals surface area contributed by atoms with E-state index in [4.69, 9.17) is 16.3 Å². The SMILES string of the molecule is COc1ccc(F)cc1C(Br)c1ccc(Br)c(Cl)c1. The van der Waals surface area contributed by atoms with Crippen LogP contribution in [0.5, 0.6) is 5.75 Å². The Hall–Kier alpha value is -0.580. The van der Waals surface area contributed by atoms with Crippen LogP contribution in [0.25, 0.3) is 0 Å². The Labute approximate surface area is 133 Å². The van der Waals surface area contributed by atoms with Gasteiger partial charge in [-0.15, -0.1) is 0 Å². The molecule has 0 aliphatic rings. The fourth-order valence-corrected chi connectivity index (χ4v) is 2.83. The van der Waals surface area contributed by atoms with Crippen LogP contribution in [0.15, 0.2) is 40.9 Å². The van der Waals surface area contributed by atoms with Crippen molar-refractivity contribution in [3.63, 3.8) is 0 Å². The first-order valence-electron chi connectivity index (χ1n) is 5.45. The van der Waals surface area contributed by atoms with Crippen LogP contribution in [0.1, 0.15) is 16.0 Å². The van der Waals surface area contributed by atoms with Gasteiger partial charge < -0.3 is 4.74 Å². The van der Waals surface area contributed by atoms with Gasteiger partial charge in [0.15, 0.2) is 0 Å². The molecule has 0 radical (unpaired) electrons. The van der Waals surface area contributed by atoms with Crippen LogP contribution in [-0.2, 0) is 0 Å². The molecule has 2 rings (SSSR count). The van der Waals surface area contributed by atoms with Crippen molar-refractivity contribution < 1.29 is 9.13 Å². The number of hydrogen-bond acceptors (Lipinski definition) is 1. The van der Waals surface area contributed by atoms with E-state index in [1.807, 2.05) is 18.2 Å². The maximum atomic E-state index is 13.4. The van der Waals surface area contributed by atoms with E-state index < -0.39 is 0 Å². The molecule has 0 bridgehead atoms. The van der Waals surface area contributed by atoms with Crippen LogP contribution < -0.4 is 4.74 Å². The molecule has 100 valence electrons. The molecule has 1 atom stereocenters. The largest absolute Gasteiger partial charge is 0.496 e. The number of benzene rings is 2. The van der Waals surface area contributed by atoms with Crippen LogP contribution in [-0.4, -0.2) is 7.11 Å². The fraction of sp³-hybridized carbons (Fsp3) is 0.143. The van der Waals surface area contributed by atoms with Crippen molar-refractivity contribution >= 4 is 43.5 Å². The minimum Gasteiger partial charge on any atom is -0.496 e. The molecule has 0 fully saturated rings. The van der Waals surface area contributed by atoms with Crippen molar-refractivity contribution in [3.05, 3.63) is 62.8 Å². The van der Waals surface area contributed by atoms with E-state index in [9.17, 15) is 4.39 Å². The zero-order valence-electron chi connectivity index (χ0n) is 9.96. The maximum absolute atomic E-state index is 13.4. The lowest BCUT2D eigenvalue weighted by molar-refractivity contribution is 0.409. The predicted octanol–water partition coefficient (Wildman–Crippen LogP) is 5.73. The highest BCUT2D eigenvalue weighted by Crippen LogP contribution is 2.38. The van der Waals surface area contributed by atoms with Gasteiger partial charge >= 0.3 is 0 Å². The highest BCUT2D eigenvalue weighted by molar-refractivity contribution is 9.10. The van der Waals surface area contributed by atoms with Crippen molar-refractivity contribution in [1.29, 1.82) is 0 Å². The molecule has 0 heterocycles. The summed E-state index contributed by atoms with van der Waals surface area (Å²) in [6, 6.07) is 10.0. The van der Waals surface area contributed by atoms with Gasteiger partial charge in [-0.2, -0.15) is 0 Å². The van der Waals surface area contributed by atoms with E-state index in [1.165, 1.54) is 12.1 Å². The molecular formula is C14H10Br2ClFO. The first-order valence-corrected chi connectivity index (χ1v) is 7.54. The molecule has 0 N–H and O–H groups in total. The molecule has 1 unspecified atom stereocenters. The van der Waals surface area contributed by atoms with Crippen molar-refractivity contribution in [2.24, 2.45) is 0 Å². The highest BCUT2D eigenvalue weighted by Gasteiger charge is 2.17. The van der Waals surface area contributed by atoms with Crippen molar-refractivity contribution in [2.75, 3.05) is 7.11 Å². The van der Waals surface area contributed by atoms with Crippen LogP contribution in [0.2, 0.25) is 5.02 Å². The Balaban J connectivity index is 2.45. The number of ether oxygens (including phenoxy) is 1. The average molecular weight is 408 g/mol. The van der Waals surface area contributed by atoms with E-state index in [0.29, 0.717) is 10.8 Å². The number of rotatable bonds is 3. The summed E-state index contributed by atoms with van der Waals surface area (Å²) in [6.07, 6.45) is 0. The van der Waals surface area contributed by atoms with Gasteiger partial charge in [-0.1, -0.05) is 33.6 Å². The van der Waals surface area contributed by atoms with E-state index in [2.05, 4.69) is 31.9 Å². The minimum atomic E-state index is -0.302. The van der Waals surface area contributed by atoms with Gasteiger partial charge in [-0.05, 0) is 51.8 Å². The van der Waals surface area contributed by atoms with Crippen LogP contribution in [0, 0.1) is 5.82 Å². The smallest absolute Gasteiger partial charge is 0.123 e. The normalized spacial score (nSPS) is 12.3. The van der Waals surface area contributed by atoms with Gasteiger partial charge in [-0.3, -0.25) is 0 Å². The summed E-state index contributed by atoms with van der Waals surface area (Å²) >= 11 is 13.0. The lowest BCUT2D eigenvalue weighted by atomic mass is 10.0. The van der Waals surface area contributed by atoms with Crippen LogP contribution in [0.4, 0.5) is 4.39 Å². The van der Waals surface area contributed by atoms with Crippen LogP contribution >= 0.6 is 43.5 Å². The van der Waals surface area contributed by atoms with E-state index in [0.717, 1.165) is 15.6 Å². The zero-order chi connectivity index (χ0) is 14.0. The summed E-state index contributed by atoms with van der Waals surface area (Å²) in [5.74, 6) is 0.325. The highest BCUT2D eigenvalue weighted by atomic mass is 79.9. The minimum absolute atomic E-state index is 0.191. The zero-order valence-corrected chi connectivity index (χ0v) is 13.9. The molecule has 19 heavy (non-hydrogen) atoms. The second kappa shape index (κ2) is 6.25. The summed E-state index contributed by atoms with van der Waals surface area (Å²) in [5, 5.41) is 0.609. The first kappa shape index (κ1) is 14.8. The maximum Gasteiger partial charge on any atom is 0.123 e. The fourth-order valence-electron chi connectivity index (χ4n) is 1.75. The summed E-state index contributed by atoms with van der Waals surface area (Å²) in [5.41, 5.74) is 1.65.